The van der Waals surface area contributed by atoms with E-state index in [0.29, 0.717) is 112 Å². The van der Waals surface area contributed by atoms with Gasteiger partial charge in [-0.05, 0) is 279 Å². The van der Waals surface area contributed by atoms with Crippen LogP contribution in [0.25, 0.3) is 55.2 Å². The molecule has 20 rings (SSSR count). The van der Waals surface area contributed by atoms with Crippen LogP contribution in [0.5, 0.6) is 0 Å². The van der Waals surface area contributed by atoms with Crippen LogP contribution in [-0.2, 0) is 32.7 Å². The zero-order valence-corrected chi connectivity index (χ0v) is 93.7. The molecule has 0 aliphatic heterocycles. The summed E-state index contributed by atoms with van der Waals surface area (Å²) >= 11 is 31.6. The molecule has 10 aromatic carbocycles. The van der Waals surface area contributed by atoms with Crippen molar-refractivity contribution in [1.29, 1.82) is 0 Å². The van der Waals surface area contributed by atoms with Gasteiger partial charge in [0.2, 0.25) is 0 Å². The van der Waals surface area contributed by atoms with E-state index in [4.69, 9.17) is 82.9 Å². The number of rotatable bonds is 32. The number of aryl methyl sites for hydroxylation is 3. The van der Waals surface area contributed by atoms with Crippen molar-refractivity contribution in [2.24, 2.45) is 29.6 Å². The number of hydrogen-bond donors (Lipinski definition) is 0. The molecule has 5 saturated carbocycles. The molecule has 5 heterocycles. The smallest absolute Gasteiger partial charge is 0.254 e. The fraction of sp³-hybridized carbons (Fsp3) is 0.440. The van der Waals surface area contributed by atoms with Crippen molar-refractivity contribution in [2.45, 2.75) is 294 Å². The van der Waals surface area contributed by atoms with E-state index >= 15 is 0 Å². The summed E-state index contributed by atoms with van der Waals surface area (Å²) in [6.07, 6.45) is 25.9. The van der Waals surface area contributed by atoms with Gasteiger partial charge in [-0.25, -0.2) is 24.9 Å². The molecule has 0 N–H and O–H groups in total. The number of aromatic nitrogens is 10. The maximum absolute atomic E-state index is 13.5. The highest BCUT2D eigenvalue weighted by atomic mass is 35.5. The van der Waals surface area contributed by atoms with Gasteiger partial charge in [-0.3, -0.25) is 24.0 Å². The van der Waals surface area contributed by atoms with Crippen molar-refractivity contribution in [3.8, 4) is 0 Å². The lowest BCUT2D eigenvalue weighted by atomic mass is 10.1. The van der Waals surface area contributed by atoms with Crippen LogP contribution in [0.2, 0.25) is 25.1 Å². The molecule has 25 heteroatoms. The lowest BCUT2D eigenvalue weighted by Gasteiger charge is -2.26. The molecular weight excluding hydrogens is 1970 g/mol. The second-order valence-corrected chi connectivity index (χ2v) is 46.4. The van der Waals surface area contributed by atoms with Crippen LogP contribution in [0, 0.1) is 50.4 Å². The van der Waals surface area contributed by atoms with E-state index in [1.807, 2.05) is 270 Å². The van der Waals surface area contributed by atoms with Crippen molar-refractivity contribution in [3.63, 3.8) is 0 Å². The van der Waals surface area contributed by atoms with Crippen LogP contribution >= 0.6 is 58.0 Å². The minimum atomic E-state index is 0.0577. The van der Waals surface area contributed by atoms with Crippen molar-refractivity contribution in [2.75, 3.05) is 32.7 Å². The van der Waals surface area contributed by atoms with Gasteiger partial charge in [0.25, 0.3) is 29.5 Å². The summed E-state index contributed by atoms with van der Waals surface area (Å²) in [5.41, 5.74) is 17.2. The number of hydrogen-bond acceptors (Lipinski definition) is 10. The third kappa shape index (κ3) is 28.4. The van der Waals surface area contributed by atoms with E-state index in [0.717, 1.165) is 244 Å². The van der Waals surface area contributed by atoms with Crippen LogP contribution in [0.15, 0.2) is 224 Å². The molecule has 5 fully saturated rings. The van der Waals surface area contributed by atoms with E-state index in [9.17, 15) is 24.0 Å². The number of nitrogens with zero attached hydrogens (tertiary/aromatic N) is 15. The van der Waals surface area contributed by atoms with Gasteiger partial charge in [0, 0.05) is 116 Å². The van der Waals surface area contributed by atoms with E-state index in [1.165, 1.54) is 64.2 Å². The molecule has 150 heavy (non-hydrogen) atoms. The zero-order valence-electron chi connectivity index (χ0n) is 89.9. The number of benzene rings is 10. The fourth-order valence-electron chi connectivity index (χ4n) is 22.5. The Morgan fingerprint density at radius 2 is 0.473 bits per heavy atom. The van der Waals surface area contributed by atoms with Gasteiger partial charge in [0.1, 0.15) is 29.1 Å². The molecule has 0 bridgehead atoms. The lowest BCUT2D eigenvalue weighted by molar-refractivity contribution is 0.0709. The normalized spacial score (nSPS) is 14.7. The maximum Gasteiger partial charge on any atom is 0.254 e. The van der Waals surface area contributed by atoms with Crippen molar-refractivity contribution < 1.29 is 24.0 Å². The van der Waals surface area contributed by atoms with Gasteiger partial charge >= 0.3 is 0 Å². The number of carbonyl (C=O) groups excluding carboxylic acids is 5. The highest BCUT2D eigenvalue weighted by Crippen LogP contribution is 2.43. The Morgan fingerprint density at radius 1 is 0.253 bits per heavy atom. The Labute approximate surface area is 912 Å². The molecule has 0 radical (unpaired) electrons. The Kier molecular flexibility index (Phi) is 38.6. The molecule has 15 aromatic rings. The van der Waals surface area contributed by atoms with E-state index < -0.39 is 0 Å². The number of imidazole rings is 5. The van der Waals surface area contributed by atoms with Crippen LogP contribution in [0.4, 0.5) is 0 Å². The van der Waals surface area contributed by atoms with Gasteiger partial charge in [0.15, 0.2) is 0 Å². The Morgan fingerprint density at radius 3 is 0.713 bits per heavy atom. The van der Waals surface area contributed by atoms with Crippen molar-refractivity contribution in [3.05, 3.63) is 323 Å². The molecule has 5 aromatic heterocycles. The lowest BCUT2D eigenvalue weighted by Crippen LogP contribution is -2.35. The predicted octanol–water partition coefficient (Wildman–Crippen LogP) is 32.2. The molecule has 5 aliphatic carbocycles. The summed E-state index contributed by atoms with van der Waals surface area (Å²) < 4.78 is 11.8. The molecule has 20 nitrogen and oxygen atoms in total. The Balaban J connectivity index is 0.000000133. The third-order valence-electron chi connectivity index (χ3n) is 29.7. The summed E-state index contributed by atoms with van der Waals surface area (Å²) in [5.74, 6) is 7.32. The monoisotopic (exact) mass is 2120 g/mol. The van der Waals surface area contributed by atoms with Crippen LogP contribution < -0.4 is 0 Å². The minimum Gasteiger partial charge on any atom is -0.331 e. The molecule has 5 aliphatic rings. The van der Waals surface area contributed by atoms with Gasteiger partial charge in [-0.2, -0.15) is 0 Å². The molecule has 0 saturated heterocycles. The molecule has 0 atom stereocenters. The summed E-state index contributed by atoms with van der Waals surface area (Å²) in [7, 11) is 0. The highest BCUT2D eigenvalue weighted by molar-refractivity contribution is 6.32. The van der Waals surface area contributed by atoms with Crippen LogP contribution in [0.3, 0.4) is 0 Å². The Bertz CT molecular complexity index is 7090. The SMILES string of the molecule is CC(C)CCN(Cc1nc2ccc(Cl)cc2n1C1CCCC1)C(=O)c1ccccc1.CC(C)CN(Cc1nc2ccc(Cl)cc2n1C1CCCC1)C(=O)c1ccccc1.Cc1ccc(C(=O)N(Cc2nc3ccc(Cl)cc3n2C2CCCC2)CC(C)C)cc1.Cc1cccc(C(=O)N(CCC(C)C)Cc2nc3ccc(Cl)cc3n2C2CCCC2)c1.Cc1cccc(C(=O)N(Cc2nc3ccc(Cl)cc3n2C2CCCC2)CC(C)C)c1. The third-order valence-corrected chi connectivity index (χ3v) is 30.9. The fourth-order valence-corrected chi connectivity index (χ4v) is 23.3. The quantitative estimate of drug-likeness (QED) is 0.0392. The van der Waals surface area contributed by atoms with E-state index in [1.54, 1.807) is 0 Å². The predicted molar refractivity (Wildman–Crippen MR) is 615 cm³/mol. The standard InChI is InChI=1S/C26H32ClN3O.3C25H30ClN3O.C24H28ClN3O/c1-18(2)13-14-29(26(31)20-8-6-7-19(3)15-20)17-25-28-23-12-11-21(27)16-24(23)30(25)22-9-4-5-10-22;1-17(2)15-28(25(30)19-8-6-7-18(3)13-19)16-24-27-22-12-11-20(26)14-23(22)29(24)21-9-4-5-10-21;1-17(2)15-28(25(30)19-10-8-18(3)9-11-19)16-24-27-22-13-12-20(26)14-23(22)29(24)21-6-4-5-7-21;1-18(2)14-15-28(25(30)19-8-4-3-5-9-19)17-24-27-22-13-12-20(26)16-23(22)29(24)21-10-6-7-11-21;1-17(2)15-27(24(29)18-8-4-3-5-9-18)16-23-26-21-13-12-19(25)14-22(21)28(23)20-10-6-7-11-20/h6-8,11-12,15-16,18,22H,4-5,9-10,13-14,17H2,1-3H3;6-8,11-14,17,21H,4-5,9-10,15-16H2,1-3H3;8-14,17,21H,4-7,15-16H2,1-3H3;3-5,8-9,12-13,16,18,21H,6-7,10-11,14-15,17H2,1-2H3;3-5,8-9,12-14,17,20H,6-7,10-11,15-16H2,1-2H3. The van der Waals surface area contributed by atoms with Gasteiger partial charge in [-0.1, -0.05) is 281 Å². The molecule has 790 valence electrons. The average Bonchev–Trinajstić information content (AvgIpc) is 1.64. The summed E-state index contributed by atoms with van der Waals surface area (Å²) in [5, 5.41) is 3.63. The number of halogens is 5. The van der Waals surface area contributed by atoms with Crippen LogP contribution in [0.1, 0.15) is 338 Å². The van der Waals surface area contributed by atoms with E-state index in [2.05, 4.69) is 92.1 Å². The van der Waals surface area contributed by atoms with E-state index in [-0.39, 0.29) is 29.5 Å². The van der Waals surface area contributed by atoms with Crippen molar-refractivity contribution >= 4 is 143 Å². The second-order valence-electron chi connectivity index (χ2n) is 44.2. The van der Waals surface area contributed by atoms with Gasteiger partial charge < -0.3 is 47.3 Å². The molecule has 5 amide bonds. The molecule has 0 unspecified atom stereocenters. The topological polar surface area (TPSA) is 191 Å². The minimum absolute atomic E-state index is 0.0577. The summed E-state index contributed by atoms with van der Waals surface area (Å²) in [6, 6.07) is 74.3. The first-order chi connectivity index (χ1) is 72.3. The van der Waals surface area contributed by atoms with Crippen molar-refractivity contribution in [1.82, 2.24) is 72.3 Å². The van der Waals surface area contributed by atoms with Gasteiger partial charge in [0.05, 0.1) is 87.9 Å². The number of carbonyl (C=O) groups is 5. The average molecular weight is 2120 g/mol. The first kappa shape index (κ1) is 111. The summed E-state index contributed by atoms with van der Waals surface area (Å²) in [4.78, 5) is 101. The Hall–Kier alpha value is -11.7. The van der Waals surface area contributed by atoms with Gasteiger partial charge in [-0.15, -0.1) is 0 Å². The largest absolute Gasteiger partial charge is 0.331 e. The first-order valence-electron chi connectivity index (χ1n) is 54.9. The second kappa shape index (κ2) is 52.1. The molecule has 0 spiro atoms. The van der Waals surface area contributed by atoms with Crippen LogP contribution in [-0.4, -0.2) is 135 Å². The molecular formula is C125H150Cl5N15O5. The first-order valence-corrected chi connectivity index (χ1v) is 56.8. The zero-order chi connectivity index (χ0) is 106. The number of amides is 5. The highest BCUT2D eigenvalue weighted by Gasteiger charge is 2.35. The maximum atomic E-state index is 13.5. The number of fused-ring (bicyclic) bond motifs is 5. The summed E-state index contributed by atoms with van der Waals surface area (Å²) in [6.45, 7) is 33.8.